The van der Waals surface area contributed by atoms with Crippen LogP contribution in [0.25, 0.3) is 10.9 Å². The van der Waals surface area contributed by atoms with Crippen molar-refractivity contribution in [2.75, 3.05) is 20.2 Å². The smallest absolute Gasteiger partial charge is 0.230 e. The highest BCUT2D eigenvalue weighted by atomic mass is 127. The fraction of sp³-hybridized carbons (Fsp3) is 0.526. The topological polar surface area (TPSA) is 34.5 Å². The predicted molar refractivity (Wildman–Crippen MR) is 106 cm³/mol. The molecule has 1 aliphatic carbocycles. The maximum Gasteiger partial charge on any atom is 0.230 e. The first-order chi connectivity index (χ1) is 11.7. The van der Waals surface area contributed by atoms with Gasteiger partial charge in [0.05, 0.1) is 23.1 Å². The fourth-order valence-corrected chi connectivity index (χ4v) is 4.80. The Balaban J connectivity index is 2.24. The quantitative estimate of drug-likeness (QED) is 0.513. The Labute approximate surface area is 157 Å². The summed E-state index contributed by atoms with van der Waals surface area (Å²) < 4.78 is 8.90. The Morgan fingerprint density at radius 2 is 2.12 bits per heavy atom. The number of amides is 1. The van der Waals surface area contributed by atoms with E-state index < -0.39 is 0 Å². The molecular formula is C19H25IN2O2. The number of rotatable bonds is 5. The number of halogens is 1. The molecular weight excluding hydrogens is 415 g/mol. The third-order valence-electron chi connectivity index (χ3n) is 5.17. The minimum Gasteiger partial charge on any atom is -0.496 e. The summed E-state index contributed by atoms with van der Waals surface area (Å²) in [5, 5.41) is 1.14. The summed E-state index contributed by atoms with van der Waals surface area (Å²) in [5.74, 6) is 1.10. The van der Waals surface area contributed by atoms with Crippen LogP contribution in [0.1, 0.15) is 43.9 Å². The molecule has 0 spiro atoms. The first-order valence-electron chi connectivity index (χ1n) is 8.70. The highest BCUT2D eigenvalue weighted by molar-refractivity contribution is 14.1. The molecule has 0 bridgehead atoms. The first-order valence-corrected chi connectivity index (χ1v) is 10.2. The van der Waals surface area contributed by atoms with Crippen molar-refractivity contribution in [2.45, 2.75) is 43.6 Å². The molecule has 1 aromatic heterocycles. The van der Waals surface area contributed by atoms with E-state index in [0.717, 1.165) is 48.0 Å². The van der Waals surface area contributed by atoms with Crippen molar-refractivity contribution in [3.8, 4) is 5.75 Å². The largest absolute Gasteiger partial charge is 0.496 e. The maximum atomic E-state index is 13.1. The Kier molecular flexibility index (Phi) is 5.37. The van der Waals surface area contributed by atoms with Gasteiger partial charge in [-0.2, -0.15) is 0 Å². The van der Waals surface area contributed by atoms with E-state index in [9.17, 15) is 4.79 Å². The van der Waals surface area contributed by atoms with Gasteiger partial charge in [-0.1, -0.05) is 28.7 Å². The van der Waals surface area contributed by atoms with Gasteiger partial charge in [-0.15, -0.1) is 0 Å². The van der Waals surface area contributed by atoms with Crippen molar-refractivity contribution in [3.63, 3.8) is 0 Å². The first kappa shape index (κ1) is 17.6. The summed E-state index contributed by atoms with van der Waals surface area (Å²) >= 11 is 2.41. The summed E-state index contributed by atoms with van der Waals surface area (Å²) in [5.41, 5.74) is 3.72. The molecule has 5 heteroatoms. The Morgan fingerprint density at radius 1 is 1.38 bits per heavy atom. The number of hydrogen-bond donors (Lipinski definition) is 0. The third-order valence-corrected chi connectivity index (χ3v) is 5.85. The molecule has 3 rings (SSSR count). The van der Waals surface area contributed by atoms with Crippen LogP contribution in [-0.2, 0) is 15.8 Å². The average molecular weight is 440 g/mol. The Morgan fingerprint density at radius 3 is 2.75 bits per heavy atom. The van der Waals surface area contributed by atoms with Crippen molar-refractivity contribution in [1.29, 1.82) is 0 Å². The zero-order chi connectivity index (χ0) is 17.3. The van der Waals surface area contributed by atoms with Crippen LogP contribution < -0.4 is 4.74 Å². The van der Waals surface area contributed by atoms with Crippen molar-refractivity contribution in [2.24, 2.45) is 0 Å². The van der Waals surface area contributed by atoms with E-state index in [1.54, 1.807) is 7.11 Å². The number of likely N-dealkylation sites (N-methyl/N-ethyl adjacent to an activating group) is 1. The monoisotopic (exact) mass is 440 g/mol. The molecule has 0 saturated carbocycles. The molecule has 1 aliphatic rings. The summed E-state index contributed by atoms with van der Waals surface area (Å²) in [6.45, 7) is 5.64. The number of carbonyl (C=O) groups excluding carboxylic acids is 1. The minimum absolute atomic E-state index is 0.0448. The third kappa shape index (κ3) is 2.70. The normalized spacial score (nSPS) is 16.9. The average Bonchev–Trinajstić information content (AvgIpc) is 2.96. The van der Waals surface area contributed by atoms with Gasteiger partial charge in [0.15, 0.2) is 0 Å². The number of hydrogen-bond acceptors (Lipinski definition) is 2. The van der Waals surface area contributed by atoms with Crippen LogP contribution in [0.4, 0.5) is 0 Å². The number of alkyl halides is 1. The number of carbonyl (C=O) groups is 1. The van der Waals surface area contributed by atoms with E-state index in [-0.39, 0.29) is 11.8 Å². The summed E-state index contributed by atoms with van der Waals surface area (Å²) in [6.07, 6.45) is 3.04. The number of methoxy groups -OCH3 is 1. The zero-order valence-electron chi connectivity index (χ0n) is 14.6. The van der Waals surface area contributed by atoms with E-state index in [2.05, 4.69) is 47.1 Å². The number of fused-ring (bicyclic) bond motifs is 3. The Hall–Kier alpha value is -1.24. The molecule has 0 radical (unpaired) electrons. The van der Waals surface area contributed by atoms with E-state index >= 15 is 0 Å². The van der Waals surface area contributed by atoms with Crippen molar-refractivity contribution in [3.05, 3.63) is 29.5 Å². The van der Waals surface area contributed by atoms with Crippen LogP contribution in [0, 0.1) is 0 Å². The molecule has 0 unspecified atom stereocenters. The van der Waals surface area contributed by atoms with Gasteiger partial charge in [-0.05, 0) is 50.8 Å². The van der Waals surface area contributed by atoms with Crippen LogP contribution in [-0.4, -0.2) is 35.6 Å². The molecule has 0 fully saturated rings. The lowest BCUT2D eigenvalue weighted by Crippen LogP contribution is -2.36. The van der Waals surface area contributed by atoms with E-state index in [1.807, 2.05) is 17.0 Å². The van der Waals surface area contributed by atoms with Gasteiger partial charge < -0.3 is 14.2 Å². The van der Waals surface area contributed by atoms with Crippen molar-refractivity contribution in [1.82, 2.24) is 9.47 Å². The van der Waals surface area contributed by atoms with Crippen LogP contribution in [0.15, 0.2) is 18.2 Å². The lowest BCUT2D eigenvalue weighted by Gasteiger charge is -2.29. The number of ether oxygens (including phenoxy) is 1. The molecule has 4 nitrogen and oxygen atoms in total. The fourth-order valence-electron chi connectivity index (χ4n) is 4.02. The van der Waals surface area contributed by atoms with Gasteiger partial charge in [0.1, 0.15) is 5.75 Å². The van der Waals surface area contributed by atoms with Gasteiger partial charge in [0, 0.05) is 24.2 Å². The SMILES string of the molecule is CCN(CC)C(=O)[C@H]1CCCc2c1c1c(OC)cccc1n2CI. The molecule has 1 aromatic carbocycles. The summed E-state index contributed by atoms with van der Waals surface area (Å²) in [4.78, 5) is 15.1. The standard InChI is InChI=1S/C19H25IN2O2/c1-4-21(5-2)19(23)13-8-6-9-14-17(13)18-15(22(14)12-20)10-7-11-16(18)24-3/h7,10-11,13H,4-6,8-9,12H2,1-3H3/t13-/m0/s1. The van der Waals surface area contributed by atoms with Gasteiger partial charge >= 0.3 is 0 Å². The second-order valence-corrected chi connectivity index (χ2v) is 6.90. The minimum atomic E-state index is -0.0448. The molecule has 1 amide bonds. The summed E-state index contributed by atoms with van der Waals surface area (Å²) in [6, 6.07) is 6.19. The van der Waals surface area contributed by atoms with Gasteiger partial charge in [0.2, 0.25) is 5.91 Å². The van der Waals surface area contributed by atoms with Crippen molar-refractivity contribution < 1.29 is 9.53 Å². The number of benzene rings is 1. The van der Waals surface area contributed by atoms with Crippen LogP contribution >= 0.6 is 22.6 Å². The maximum absolute atomic E-state index is 13.1. The van der Waals surface area contributed by atoms with Crippen molar-refractivity contribution >= 4 is 39.4 Å². The predicted octanol–water partition coefficient (Wildman–Crippen LogP) is 4.33. The van der Waals surface area contributed by atoms with Crippen LogP contribution in [0.2, 0.25) is 0 Å². The molecule has 1 heterocycles. The highest BCUT2D eigenvalue weighted by Crippen LogP contribution is 2.43. The zero-order valence-corrected chi connectivity index (χ0v) is 16.8. The van der Waals surface area contributed by atoms with E-state index in [0.29, 0.717) is 0 Å². The number of aromatic nitrogens is 1. The van der Waals surface area contributed by atoms with Gasteiger partial charge in [-0.3, -0.25) is 4.79 Å². The van der Waals surface area contributed by atoms with Gasteiger partial charge in [-0.25, -0.2) is 0 Å². The Bertz CT molecular complexity index is 749. The lowest BCUT2D eigenvalue weighted by molar-refractivity contribution is -0.132. The number of nitrogens with zero attached hydrogens (tertiary/aromatic N) is 2. The molecule has 1 atom stereocenters. The molecule has 2 aromatic rings. The molecule has 0 N–H and O–H groups in total. The molecule has 0 saturated heterocycles. The van der Waals surface area contributed by atoms with E-state index in [1.165, 1.54) is 16.8 Å². The molecule has 0 aliphatic heterocycles. The van der Waals surface area contributed by atoms with Crippen LogP contribution in [0.5, 0.6) is 5.75 Å². The summed E-state index contributed by atoms with van der Waals surface area (Å²) in [7, 11) is 1.71. The molecule has 130 valence electrons. The van der Waals surface area contributed by atoms with Gasteiger partial charge in [0.25, 0.3) is 0 Å². The second kappa shape index (κ2) is 7.33. The second-order valence-electron chi connectivity index (χ2n) is 6.22. The highest BCUT2D eigenvalue weighted by Gasteiger charge is 2.34. The van der Waals surface area contributed by atoms with E-state index in [4.69, 9.17) is 4.74 Å². The molecule has 24 heavy (non-hydrogen) atoms. The van der Waals surface area contributed by atoms with Crippen LogP contribution in [0.3, 0.4) is 0 Å². The lowest BCUT2D eigenvalue weighted by atomic mass is 9.84.